The Balaban J connectivity index is 1.83. The van der Waals surface area contributed by atoms with Crippen LogP contribution in [0.2, 0.25) is 0 Å². The van der Waals surface area contributed by atoms with Gasteiger partial charge in [0.1, 0.15) is 6.04 Å². The number of amides is 1. The van der Waals surface area contributed by atoms with Crippen molar-refractivity contribution in [1.29, 1.82) is 0 Å². The second-order valence-corrected chi connectivity index (χ2v) is 4.10. The smallest absolute Gasteiger partial charge is 0.410 e. The van der Waals surface area contributed by atoms with E-state index in [1.165, 1.54) is 0 Å². The summed E-state index contributed by atoms with van der Waals surface area (Å²) >= 11 is 0. The number of hydrogen-bond donors (Lipinski definition) is 1. The number of carbonyl (C=O) groups is 2. The molecule has 7 heteroatoms. The van der Waals surface area contributed by atoms with Crippen molar-refractivity contribution in [2.24, 2.45) is 0 Å². The topological polar surface area (TPSA) is 79.3 Å². The number of cyclic esters (lactones) is 1. The Morgan fingerprint density at radius 1 is 1.41 bits per heavy atom. The first-order valence-corrected chi connectivity index (χ1v) is 5.65. The third kappa shape index (κ3) is 2.86. The lowest BCUT2D eigenvalue weighted by Crippen LogP contribution is -2.42. The molecule has 0 aliphatic carbocycles. The van der Waals surface area contributed by atoms with E-state index in [1.54, 1.807) is 0 Å². The molecule has 0 radical (unpaired) electrons. The van der Waals surface area contributed by atoms with E-state index in [9.17, 15) is 9.59 Å². The minimum atomic E-state index is -1.11. The highest BCUT2D eigenvalue weighted by atomic mass is 16.6. The summed E-state index contributed by atoms with van der Waals surface area (Å²) in [6.45, 7) is 3.58. The van der Waals surface area contributed by atoms with Gasteiger partial charge in [-0.2, -0.15) is 0 Å². The van der Waals surface area contributed by atoms with Gasteiger partial charge in [-0.1, -0.05) is 0 Å². The lowest BCUT2D eigenvalue weighted by atomic mass is 10.2. The van der Waals surface area contributed by atoms with Gasteiger partial charge in [-0.3, -0.25) is 9.80 Å². The molecule has 17 heavy (non-hydrogen) atoms. The summed E-state index contributed by atoms with van der Waals surface area (Å²) in [6, 6.07) is -0.657. The van der Waals surface area contributed by atoms with Crippen molar-refractivity contribution in [3.63, 3.8) is 0 Å². The van der Waals surface area contributed by atoms with E-state index in [0.717, 1.165) is 18.0 Å². The molecule has 0 aromatic carbocycles. The van der Waals surface area contributed by atoms with Gasteiger partial charge in [0.15, 0.2) is 6.73 Å². The summed E-state index contributed by atoms with van der Waals surface area (Å²) in [5.41, 5.74) is 0. The first-order valence-electron chi connectivity index (χ1n) is 5.65. The van der Waals surface area contributed by atoms with Crippen molar-refractivity contribution in [2.75, 3.05) is 39.6 Å². The maximum Gasteiger partial charge on any atom is 0.410 e. The number of morpholine rings is 1. The zero-order valence-corrected chi connectivity index (χ0v) is 9.50. The average Bonchev–Trinajstić information content (AvgIpc) is 2.69. The molecule has 7 nitrogen and oxygen atoms in total. The molecule has 2 rings (SSSR count). The average molecular weight is 244 g/mol. The predicted octanol–water partition coefficient (Wildman–Crippen LogP) is -0.428. The lowest BCUT2D eigenvalue weighted by molar-refractivity contribution is -0.139. The maximum absolute atomic E-state index is 11.4. The molecule has 1 N–H and O–H groups in total. The van der Waals surface area contributed by atoms with Crippen LogP contribution in [0.5, 0.6) is 0 Å². The first-order chi connectivity index (χ1) is 8.18. The number of nitrogens with zero attached hydrogens (tertiary/aromatic N) is 2. The minimum absolute atomic E-state index is 0.151. The number of rotatable bonds is 3. The van der Waals surface area contributed by atoms with E-state index < -0.39 is 18.1 Å². The molecule has 0 saturated carbocycles. The van der Waals surface area contributed by atoms with Gasteiger partial charge < -0.3 is 14.6 Å². The molecule has 1 atom stereocenters. The predicted molar refractivity (Wildman–Crippen MR) is 56.5 cm³/mol. The number of ether oxygens (including phenoxy) is 2. The van der Waals surface area contributed by atoms with Crippen molar-refractivity contribution in [3.05, 3.63) is 0 Å². The molecule has 0 aromatic heterocycles. The number of carboxylic acid groups (broad SMARTS) is 1. The van der Waals surface area contributed by atoms with E-state index in [1.807, 2.05) is 0 Å². The van der Waals surface area contributed by atoms with Gasteiger partial charge in [0.2, 0.25) is 0 Å². The van der Waals surface area contributed by atoms with Crippen LogP contribution in [0.3, 0.4) is 0 Å². The Hall–Kier alpha value is -1.34. The monoisotopic (exact) mass is 244 g/mol. The quantitative estimate of drug-likeness (QED) is 0.679. The SMILES string of the molecule is O=C1OCN(C(=O)O)[C@H]1CCN1CCOCC1. The van der Waals surface area contributed by atoms with Gasteiger partial charge in [-0.25, -0.2) is 9.59 Å². The standard InChI is InChI=1S/C10H16N2O5/c13-9-8(12(7-17-9)10(14)15)1-2-11-3-5-16-6-4-11/h8H,1-7H2,(H,14,15)/t8-/m0/s1. The zero-order chi connectivity index (χ0) is 12.3. The molecule has 96 valence electrons. The van der Waals surface area contributed by atoms with Crippen LogP contribution in [-0.4, -0.2) is 72.6 Å². The highest BCUT2D eigenvalue weighted by molar-refractivity contribution is 5.83. The van der Waals surface area contributed by atoms with Crippen LogP contribution in [0, 0.1) is 0 Å². The third-order valence-corrected chi connectivity index (χ3v) is 3.06. The molecule has 2 heterocycles. The Morgan fingerprint density at radius 2 is 2.12 bits per heavy atom. The number of hydrogen-bond acceptors (Lipinski definition) is 5. The summed E-state index contributed by atoms with van der Waals surface area (Å²) < 4.78 is 9.96. The van der Waals surface area contributed by atoms with Crippen LogP contribution in [-0.2, 0) is 14.3 Å². The highest BCUT2D eigenvalue weighted by Crippen LogP contribution is 2.15. The first kappa shape index (κ1) is 12.1. The molecule has 0 aromatic rings. The van der Waals surface area contributed by atoms with Crippen LogP contribution in [0.4, 0.5) is 4.79 Å². The summed E-state index contributed by atoms with van der Waals surface area (Å²) in [5, 5.41) is 8.90. The summed E-state index contributed by atoms with van der Waals surface area (Å²) in [4.78, 5) is 25.5. The Labute approximate surface area is 98.9 Å². The van der Waals surface area contributed by atoms with Gasteiger partial charge in [0, 0.05) is 19.6 Å². The maximum atomic E-state index is 11.4. The summed E-state index contributed by atoms with van der Waals surface area (Å²) in [7, 11) is 0. The second kappa shape index (κ2) is 5.33. The molecule has 2 fully saturated rings. The fourth-order valence-electron chi connectivity index (χ4n) is 2.04. The van der Waals surface area contributed by atoms with E-state index >= 15 is 0 Å². The molecule has 2 saturated heterocycles. The van der Waals surface area contributed by atoms with Gasteiger partial charge >= 0.3 is 12.1 Å². The molecule has 0 unspecified atom stereocenters. The van der Waals surface area contributed by atoms with Crippen molar-refractivity contribution in [2.45, 2.75) is 12.5 Å². The Kier molecular flexibility index (Phi) is 3.80. The van der Waals surface area contributed by atoms with Crippen LogP contribution in [0.15, 0.2) is 0 Å². The highest BCUT2D eigenvalue weighted by Gasteiger charge is 2.37. The molecule has 2 aliphatic heterocycles. The Bertz CT molecular complexity index is 303. The van der Waals surface area contributed by atoms with E-state index in [-0.39, 0.29) is 6.73 Å². The number of esters is 1. The van der Waals surface area contributed by atoms with Crippen LogP contribution < -0.4 is 0 Å². The Morgan fingerprint density at radius 3 is 2.76 bits per heavy atom. The van der Waals surface area contributed by atoms with Crippen molar-refractivity contribution in [3.8, 4) is 0 Å². The largest absolute Gasteiger partial charge is 0.465 e. The fourth-order valence-corrected chi connectivity index (χ4v) is 2.04. The lowest BCUT2D eigenvalue weighted by Gasteiger charge is -2.27. The molecule has 1 amide bonds. The summed E-state index contributed by atoms with van der Waals surface area (Å²) in [5.74, 6) is -0.444. The van der Waals surface area contributed by atoms with Crippen LogP contribution in [0.25, 0.3) is 0 Å². The van der Waals surface area contributed by atoms with E-state index in [4.69, 9.17) is 14.6 Å². The van der Waals surface area contributed by atoms with E-state index in [0.29, 0.717) is 26.2 Å². The molecular formula is C10H16N2O5. The molecule has 0 bridgehead atoms. The zero-order valence-electron chi connectivity index (χ0n) is 9.50. The fraction of sp³-hybridized carbons (Fsp3) is 0.800. The van der Waals surface area contributed by atoms with E-state index in [2.05, 4.69) is 4.90 Å². The van der Waals surface area contributed by atoms with Gasteiger partial charge in [-0.15, -0.1) is 0 Å². The molecular weight excluding hydrogens is 228 g/mol. The van der Waals surface area contributed by atoms with Gasteiger partial charge in [-0.05, 0) is 6.42 Å². The minimum Gasteiger partial charge on any atom is -0.465 e. The third-order valence-electron chi connectivity index (χ3n) is 3.06. The van der Waals surface area contributed by atoms with Crippen molar-refractivity contribution < 1.29 is 24.2 Å². The normalized spacial score (nSPS) is 26.0. The molecule has 2 aliphatic rings. The summed E-state index contributed by atoms with van der Waals surface area (Å²) in [6.07, 6.45) is -0.631. The van der Waals surface area contributed by atoms with Crippen LogP contribution >= 0.6 is 0 Å². The molecule has 0 spiro atoms. The van der Waals surface area contributed by atoms with Crippen LogP contribution in [0.1, 0.15) is 6.42 Å². The van der Waals surface area contributed by atoms with Gasteiger partial charge in [0.05, 0.1) is 13.2 Å². The number of carbonyl (C=O) groups excluding carboxylic acids is 1. The second-order valence-electron chi connectivity index (χ2n) is 4.10. The van der Waals surface area contributed by atoms with Crippen molar-refractivity contribution >= 4 is 12.1 Å². The van der Waals surface area contributed by atoms with Gasteiger partial charge in [0.25, 0.3) is 0 Å². The van der Waals surface area contributed by atoms with Crippen molar-refractivity contribution in [1.82, 2.24) is 9.80 Å².